The van der Waals surface area contributed by atoms with Crippen molar-refractivity contribution in [1.29, 1.82) is 0 Å². The summed E-state index contributed by atoms with van der Waals surface area (Å²) in [6.07, 6.45) is 5.28. The van der Waals surface area contributed by atoms with Gasteiger partial charge in [-0.05, 0) is 12.3 Å². The third kappa shape index (κ3) is 1.06. The van der Waals surface area contributed by atoms with Crippen LogP contribution in [0.5, 0.6) is 0 Å². The summed E-state index contributed by atoms with van der Waals surface area (Å²) in [6, 6.07) is 0. The molecule has 2 aliphatic rings. The molecule has 1 aliphatic carbocycles. The number of fused-ring (bicyclic) bond motifs is 1. The number of hydrogen-bond donors (Lipinski definition) is 0. The Morgan fingerprint density at radius 3 is 3.18 bits per heavy atom. The van der Waals surface area contributed by atoms with Crippen LogP contribution in [0.3, 0.4) is 0 Å². The molecule has 1 saturated heterocycles. The Bertz CT molecular complexity index is 208. The molecule has 11 heavy (non-hydrogen) atoms. The van der Waals surface area contributed by atoms with E-state index in [1.807, 2.05) is 0 Å². The topological polar surface area (TPSA) is 26.3 Å². The first kappa shape index (κ1) is 6.89. The molecule has 0 aromatic rings. The summed E-state index contributed by atoms with van der Waals surface area (Å²) in [7, 11) is 0. The molecule has 0 amide bonds. The highest BCUT2D eigenvalue weighted by Gasteiger charge is 2.37. The molecule has 3 unspecified atom stereocenters. The van der Waals surface area contributed by atoms with E-state index in [4.69, 9.17) is 4.74 Å². The van der Waals surface area contributed by atoms with Crippen LogP contribution in [0, 0.1) is 17.8 Å². The highest BCUT2D eigenvalue weighted by molar-refractivity contribution is 5.75. The minimum atomic E-state index is 0.00574. The molecule has 1 fully saturated rings. The minimum Gasteiger partial charge on any atom is -0.465 e. The number of allylic oxidation sites excluding steroid dienone is 1. The number of rotatable bonds is 0. The van der Waals surface area contributed by atoms with Crippen molar-refractivity contribution in [2.24, 2.45) is 17.8 Å². The molecule has 2 rings (SSSR count). The Morgan fingerprint density at radius 1 is 1.55 bits per heavy atom. The Kier molecular flexibility index (Phi) is 1.48. The largest absolute Gasteiger partial charge is 0.465 e. The smallest absolute Gasteiger partial charge is 0.309 e. The van der Waals surface area contributed by atoms with Gasteiger partial charge in [0, 0.05) is 5.92 Å². The van der Waals surface area contributed by atoms with Crippen molar-refractivity contribution < 1.29 is 9.53 Å². The number of cyclic esters (lactones) is 1. The molecule has 0 aromatic heterocycles. The maximum atomic E-state index is 11.1. The molecule has 2 heteroatoms. The maximum Gasteiger partial charge on any atom is 0.309 e. The summed E-state index contributed by atoms with van der Waals surface area (Å²) in [4.78, 5) is 11.1. The summed E-state index contributed by atoms with van der Waals surface area (Å²) >= 11 is 0. The van der Waals surface area contributed by atoms with Crippen LogP contribution in [0.25, 0.3) is 0 Å². The lowest BCUT2D eigenvalue weighted by Crippen LogP contribution is -2.20. The lowest BCUT2D eigenvalue weighted by Gasteiger charge is -2.19. The van der Waals surface area contributed by atoms with Crippen LogP contribution in [0.2, 0.25) is 0 Å². The predicted molar refractivity (Wildman–Crippen MR) is 40.9 cm³/mol. The van der Waals surface area contributed by atoms with Gasteiger partial charge in [0.1, 0.15) is 0 Å². The van der Waals surface area contributed by atoms with Gasteiger partial charge in [0.05, 0.1) is 12.5 Å². The first-order valence-electron chi connectivity index (χ1n) is 4.12. The van der Waals surface area contributed by atoms with E-state index in [1.165, 1.54) is 0 Å². The lowest BCUT2D eigenvalue weighted by atomic mass is 9.82. The van der Waals surface area contributed by atoms with Gasteiger partial charge in [-0.3, -0.25) is 4.79 Å². The van der Waals surface area contributed by atoms with E-state index in [-0.39, 0.29) is 11.9 Å². The second kappa shape index (κ2) is 2.36. The standard InChI is InChI=1S/C9H12O2/c1-6-2-3-7-5-11-9(10)8(7)4-6/h2-3,6-8H,4-5H2,1H3. The Hall–Kier alpha value is -0.790. The molecular formula is C9H12O2. The fourth-order valence-corrected chi connectivity index (χ4v) is 1.85. The predicted octanol–water partition coefficient (Wildman–Crippen LogP) is 1.37. The van der Waals surface area contributed by atoms with Crippen LogP contribution in [0.15, 0.2) is 12.2 Å². The fraction of sp³-hybridized carbons (Fsp3) is 0.667. The van der Waals surface area contributed by atoms with Gasteiger partial charge >= 0.3 is 5.97 Å². The highest BCUT2D eigenvalue weighted by Crippen LogP contribution is 2.33. The molecule has 2 nitrogen and oxygen atoms in total. The first-order valence-corrected chi connectivity index (χ1v) is 4.12. The second-order valence-electron chi connectivity index (χ2n) is 3.50. The molecular weight excluding hydrogens is 140 g/mol. The number of carbonyl (C=O) groups excluding carboxylic acids is 1. The van der Waals surface area contributed by atoms with Gasteiger partial charge < -0.3 is 4.74 Å². The monoisotopic (exact) mass is 152 g/mol. The van der Waals surface area contributed by atoms with Crippen LogP contribution in [-0.2, 0) is 9.53 Å². The summed E-state index contributed by atoms with van der Waals surface area (Å²) in [5.74, 6) is 1.08. The molecule has 0 saturated carbocycles. The third-order valence-electron chi connectivity index (χ3n) is 2.55. The zero-order valence-corrected chi connectivity index (χ0v) is 6.62. The van der Waals surface area contributed by atoms with Crippen LogP contribution < -0.4 is 0 Å². The number of carbonyl (C=O) groups is 1. The number of ether oxygens (including phenoxy) is 1. The molecule has 60 valence electrons. The SMILES string of the molecule is CC1C=CC2COC(=O)C2C1. The van der Waals surface area contributed by atoms with E-state index in [0.717, 1.165) is 6.42 Å². The van der Waals surface area contributed by atoms with Crippen molar-refractivity contribution >= 4 is 5.97 Å². The summed E-state index contributed by atoms with van der Waals surface area (Å²) in [5, 5.41) is 0. The van der Waals surface area contributed by atoms with Gasteiger partial charge in [0.15, 0.2) is 0 Å². The van der Waals surface area contributed by atoms with E-state index in [9.17, 15) is 4.79 Å². The van der Waals surface area contributed by atoms with Crippen LogP contribution in [0.1, 0.15) is 13.3 Å². The van der Waals surface area contributed by atoms with Gasteiger partial charge in [-0.2, -0.15) is 0 Å². The molecule has 0 bridgehead atoms. The van der Waals surface area contributed by atoms with Crippen molar-refractivity contribution in [3.05, 3.63) is 12.2 Å². The van der Waals surface area contributed by atoms with Crippen molar-refractivity contribution in [3.63, 3.8) is 0 Å². The Labute approximate surface area is 66.2 Å². The lowest BCUT2D eigenvalue weighted by molar-refractivity contribution is -0.141. The van der Waals surface area contributed by atoms with E-state index >= 15 is 0 Å². The maximum absolute atomic E-state index is 11.1. The summed E-state index contributed by atoms with van der Waals surface area (Å²) < 4.78 is 4.96. The molecule has 0 spiro atoms. The van der Waals surface area contributed by atoms with Crippen molar-refractivity contribution in [2.45, 2.75) is 13.3 Å². The summed E-state index contributed by atoms with van der Waals surface area (Å²) in [5.41, 5.74) is 0. The van der Waals surface area contributed by atoms with E-state index in [2.05, 4.69) is 19.1 Å². The second-order valence-corrected chi connectivity index (χ2v) is 3.50. The minimum absolute atomic E-state index is 0.00574. The van der Waals surface area contributed by atoms with Gasteiger partial charge in [-0.15, -0.1) is 0 Å². The quantitative estimate of drug-likeness (QED) is 0.387. The molecule has 0 radical (unpaired) electrons. The number of esters is 1. The van der Waals surface area contributed by atoms with Crippen molar-refractivity contribution in [3.8, 4) is 0 Å². The number of hydrogen-bond acceptors (Lipinski definition) is 2. The van der Waals surface area contributed by atoms with Crippen LogP contribution >= 0.6 is 0 Å². The fourth-order valence-electron chi connectivity index (χ4n) is 1.85. The molecule has 1 heterocycles. The van der Waals surface area contributed by atoms with Gasteiger partial charge in [0.25, 0.3) is 0 Å². The molecule has 1 aliphatic heterocycles. The zero-order chi connectivity index (χ0) is 7.84. The van der Waals surface area contributed by atoms with E-state index in [0.29, 0.717) is 18.4 Å². The zero-order valence-electron chi connectivity index (χ0n) is 6.62. The third-order valence-corrected chi connectivity index (χ3v) is 2.55. The van der Waals surface area contributed by atoms with Crippen molar-refractivity contribution in [1.82, 2.24) is 0 Å². The Morgan fingerprint density at radius 2 is 2.36 bits per heavy atom. The van der Waals surface area contributed by atoms with E-state index in [1.54, 1.807) is 0 Å². The van der Waals surface area contributed by atoms with Gasteiger partial charge in [-0.25, -0.2) is 0 Å². The molecule has 0 N–H and O–H groups in total. The first-order chi connectivity index (χ1) is 5.27. The molecule has 0 aromatic carbocycles. The van der Waals surface area contributed by atoms with Crippen LogP contribution in [0.4, 0.5) is 0 Å². The summed E-state index contributed by atoms with van der Waals surface area (Å²) in [6.45, 7) is 2.74. The van der Waals surface area contributed by atoms with Gasteiger partial charge in [-0.1, -0.05) is 19.1 Å². The van der Waals surface area contributed by atoms with Crippen molar-refractivity contribution in [2.75, 3.05) is 6.61 Å². The van der Waals surface area contributed by atoms with Crippen LogP contribution in [-0.4, -0.2) is 12.6 Å². The average molecular weight is 152 g/mol. The average Bonchev–Trinajstić information content (AvgIpc) is 2.33. The normalized spacial score (nSPS) is 41.9. The van der Waals surface area contributed by atoms with E-state index < -0.39 is 0 Å². The molecule has 3 atom stereocenters. The highest BCUT2D eigenvalue weighted by atomic mass is 16.5. The Balaban J connectivity index is 2.18. The van der Waals surface area contributed by atoms with Gasteiger partial charge in [0.2, 0.25) is 0 Å².